The van der Waals surface area contributed by atoms with Crippen LogP contribution in [0.2, 0.25) is 0 Å². The lowest BCUT2D eigenvalue weighted by atomic mass is 10.1. The summed E-state index contributed by atoms with van der Waals surface area (Å²) in [6.45, 7) is 1.95. The lowest BCUT2D eigenvalue weighted by molar-refractivity contribution is -0.153. The van der Waals surface area contributed by atoms with Crippen molar-refractivity contribution in [3.05, 3.63) is 27.3 Å². The number of benzene rings is 1. The Kier molecular flexibility index (Phi) is 5.01. The third kappa shape index (κ3) is 3.08. The van der Waals surface area contributed by atoms with E-state index in [1.54, 1.807) is 32.2 Å². The molecule has 0 spiro atoms. The van der Waals surface area contributed by atoms with E-state index in [1.807, 2.05) is 0 Å². The Morgan fingerprint density at radius 1 is 1.56 bits per heavy atom. The summed E-state index contributed by atoms with van der Waals surface area (Å²) in [6, 6.07) is 5.04. The molecule has 0 aliphatic heterocycles. The summed E-state index contributed by atoms with van der Waals surface area (Å²) in [4.78, 5) is 11.3. The predicted octanol–water partition coefficient (Wildman–Crippen LogP) is 1.90. The van der Waals surface area contributed by atoms with Gasteiger partial charge in [-0.3, -0.25) is 0 Å². The number of hydrogen-bond acceptors (Lipinski definition) is 4. The van der Waals surface area contributed by atoms with Gasteiger partial charge >= 0.3 is 5.97 Å². The molecule has 0 bridgehead atoms. The summed E-state index contributed by atoms with van der Waals surface area (Å²) in [7, 11) is 1.57. The number of methoxy groups -OCH3 is 1. The third-order valence-corrected chi connectivity index (χ3v) is 2.84. The Hall–Kier alpha value is -0.820. The van der Waals surface area contributed by atoms with E-state index in [2.05, 4.69) is 22.6 Å². The summed E-state index contributed by atoms with van der Waals surface area (Å²) < 4.78 is 10.6. The van der Waals surface area contributed by atoms with Crippen molar-refractivity contribution < 1.29 is 19.4 Å². The molecule has 0 fully saturated rings. The van der Waals surface area contributed by atoms with Gasteiger partial charge in [-0.1, -0.05) is 6.07 Å². The normalized spacial score (nSPS) is 12.0. The summed E-state index contributed by atoms with van der Waals surface area (Å²) in [5, 5.41) is 9.69. The van der Waals surface area contributed by atoms with Crippen molar-refractivity contribution in [1.29, 1.82) is 0 Å². The standard InChI is InChI=1S/C11H13IO4/c1-3-16-11(14)10(13)7-4-5-9(15-2)8(12)6-7/h4-6,10,13H,3H2,1-2H3/t10-/m1/s1. The molecule has 5 heteroatoms. The fourth-order valence-corrected chi connectivity index (χ4v) is 1.97. The van der Waals surface area contributed by atoms with Gasteiger partial charge in [-0.15, -0.1) is 0 Å². The molecular weight excluding hydrogens is 323 g/mol. The SMILES string of the molecule is CCOC(=O)[C@H](O)c1ccc(OC)c(I)c1. The van der Waals surface area contributed by atoms with Crippen LogP contribution in [0.15, 0.2) is 18.2 Å². The van der Waals surface area contributed by atoms with Gasteiger partial charge < -0.3 is 14.6 Å². The molecule has 1 N–H and O–H groups in total. The highest BCUT2D eigenvalue weighted by Gasteiger charge is 2.19. The van der Waals surface area contributed by atoms with E-state index >= 15 is 0 Å². The molecule has 0 saturated heterocycles. The number of aliphatic hydroxyl groups excluding tert-OH is 1. The van der Waals surface area contributed by atoms with E-state index in [1.165, 1.54) is 0 Å². The van der Waals surface area contributed by atoms with Crippen LogP contribution in [0.5, 0.6) is 5.75 Å². The van der Waals surface area contributed by atoms with Gasteiger partial charge in [0.05, 0.1) is 17.3 Å². The largest absolute Gasteiger partial charge is 0.496 e. The van der Waals surface area contributed by atoms with E-state index in [-0.39, 0.29) is 6.61 Å². The maximum absolute atomic E-state index is 11.3. The van der Waals surface area contributed by atoms with Crippen LogP contribution in [0.3, 0.4) is 0 Å². The first kappa shape index (κ1) is 13.2. The average molecular weight is 336 g/mol. The van der Waals surface area contributed by atoms with E-state index in [9.17, 15) is 9.90 Å². The van der Waals surface area contributed by atoms with Crippen molar-refractivity contribution in [2.24, 2.45) is 0 Å². The van der Waals surface area contributed by atoms with Crippen molar-refractivity contribution >= 4 is 28.6 Å². The molecule has 4 nitrogen and oxygen atoms in total. The number of carbonyl (C=O) groups excluding carboxylic acids is 1. The van der Waals surface area contributed by atoms with Crippen LogP contribution in [0.4, 0.5) is 0 Å². The summed E-state index contributed by atoms with van der Waals surface area (Å²) in [6.07, 6.45) is -1.24. The number of carbonyl (C=O) groups is 1. The molecule has 0 saturated carbocycles. The Bertz CT molecular complexity index is 378. The summed E-state index contributed by atoms with van der Waals surface area (Å²) in [5.41, 5.74) is 0.503. The number of rotatable bonds is 4. The van der Waals surface area contributed by atoms with E-state index in [4.69, 9.17) is 9.47 Å². The highest BCUT2D eigenvalue weighted by Crippen LogP contribution is 2.25. The Labute approximate surface area is 108 Å². The van der Waals surface area contributed by atoms with Gasteiger partial charge in [0.25, 0.3) is 0 Å². The van der Waals surface area contributed by atoms with Crippen molar-refractivity contribution in [3.63, 3.8) is 0 Å². The van der Waals surface area contributed by atoms with Gasteiger partial charge in [0.2, 0.25) is 0 Å². The number of hydrogen-bond donors (Lipinski definition) is 1. The zero-order valence-electron chi connectivity index (χ0n) is 9.07. The fourth-order valence-electron chi connectivity index (χ4n) is 1.21. The molecule has 0 aliphatic carbocycles. The number of esters is 1. The first-order valence-electron chi connectivity index (χ1n) is 4.78. The van der Waals surface area contributed by atoms with Crippen LogP contribution in [-0.4, -0.2) is 24.8 Å². The second-order valence-corrected chi connectivity index (χ2v) is 4.21. The van der Waals surface area contributed by atoms with Gasteiger partial charge in [-0.2, -0.15) is 0 Å². The van der Waals surface area contributed by atoms with E-state index in [0.717, 1.165) is 3.57 Å². The van der Waals surface area contributed by atoms with Crippen molar-refractivity contribution in [2.75, 3.05) is 13.7 Å². The fraction of sp³-hybridized carbons (Fsp3) is 0.364. The molecule has 0 amide bonds. The van der Waals surface area contributed by atoms with Gasteiger partial charge in [-0.05, 0) is 47.2 Å². The van der Waals surface area contributed by atoms with Gasteiger partial charge in [0.1, 0.15) is 5.75 Å². The first-order valence-corrected chi connectivity index (χ1v) is 5.86. The zero-order chi connectivity index (χ0) is 12.1. The lowest BCUT2D eigenvalue weighted by Gasteiger charge is -2.11. The zero-order valence-corrected chi connectivity index (χ0v) is 11.2. The molecule has 16 heavy (non-hydrogen) atoms. The van der Waals surface area contributed by atoms with Crippen molar-refractivity contribution in [3.8, 4) is 5.75 Å². The van der Waals surface area contributed by atoms with Crippen LogP contribution >= 0.6 is 22.6 Å². The van der Waals surface area contributed by atoms with Crippen molar-refractivity contribution in [2.45, 2.75) is 13.0 Å². The highest BCUT2D eigenvalue weighted by molar-refractivity contribution is 14.1. The Morgan fingerprint density at radius 2 is 2.25 bits per heavy atom. The Morgan fingerprint density at radius 3 is 2.75 bits per heavy atom. The van der Waals surface area contributed by atoms with Crippen LogP contribution in [0.25, 0.3) is 0 Å². The van der Waals surface area contributed by atoms with E-state index in [0.29, 0.717) is 11.3 Å². The molecule has 0 aromatic heterocycles. The monoisotopic (exact) mass is 336 g/mol. The highest BCUT2D eigenvalue weighted by atomic mass is 127. The van der Waals surface area contributed by atoms with Gasteiger partial charge in [0.15, 0.2) is 6.10 Å². The first-order chi connectivity index (χ1) is 7.60. The predicted molar refractivity (Wildman–Crippen MR) is 67.3 cm³/mol. The van der Waals surface area contributed by atoms with Crippen LogP contribution < -0.4 is 4.74 Å². The van der Waals surface area contributed by atoms with Crippen molar-refractivity contribution in [1.82, 2.24) is 0 Å². The number of halogens is 1. The number of aliphatic hydroxyl groups is 1. The van der Waals surface area contributed by atoms with Gasteiger partial charge in [-0.25, -0.2) is 4.79 Å². The molecule has 1 atom stereocenters. The maximum Gasteiger partial charge on any atom is 0.339 e. The summed E-state index contributed by atoms with van der Waals surface area (Å²) >= 11 is 2.08. The topological polar surface area (TPSA) is 55.8 Å². The second kappa shape index (κ2) is 6.05. The van der Waals surface area contributed by atoms with Crippen LogP contribution in [-0.2, 0) is 9.53 Å². The molecule has 1 rings (SSSR count). The average Bonchev–Trinajstić information content (AvgIpc) is 2.28. The van der Waals surface area contributed by atoms with E-state index < -0.39 is 12.1 Å². The van der Waals surface area contributed by atoms with Crippen LogP contribution in [0, 0.1) is 3.57 Å². The minimum atomic E-state index is -1.24. The molecule has 0 unspecified atom stereocenters. The third-order valence-electron chi connectivity index (χ3n) is 2.00. The number of ether oxygens (including phenoxy) is 2. The molecule has 1 aromatic carbocycles. The lowest BCUT2D eigenvalue weighted by Crippen LogP contribution is -2.15. The minimum absolute atomic E-state index is 0.253. The minimum Gasteiger partial charge on any atom is -0.496 e. The quantitative estimate of drug-likeness (QED) is 0.674. The molecule has 0 aliphatic rings. The van der Waals surface area contributed by atoms with Crippen LogP contribution in [0.1, 0.15) is 18.6 Å². The maximum atomic E-state index is 11.3. The Balaban J connectivity index is 2.88. The summed E-state index contributed by atoms with van der Waals surface area (Å²) in [5.74, 6) is 0.0730. The van der Waals surface area contributed by atoms with Gasteiger partial charge in [0, 0.05) is 0 Å². The molecule has 1 aromatic rings. The second-order valence-electron chi connectivity index (χ2n) is 3.05. The smallest absolute Gasteiger partial charge is 0.339 e. The molecular formula is C11H13IO4. The molecule has 88 valence electrons. The molecule has 0 radical (unpaired) electrons. The molecule has 0 heterocycles.